The molecule has 3 N–H and O–H groups in total. The van der Waals surface area contributed by atoms with Crippen LogP contribution in [0.15, 0.2) is 24.3 Å². The van der Waals surface area contributed by atoms with Crippen molar-refractivity contribution in [3.63, 3.8) is 0 Å². The summed E-state index contributed by atoms with van der Waals surface area (Å²) in [5.74, 6) is 0.0205. The predicted molar refractivity (Wildman–Crippen MR) is 73.1 cm³/mol. The minimum Gasteiger partial charge on any atom is -0.399 e. The maximum atomic E-state index is 11.6. The molecule has 0 aliphatic carbocycles. The lowest BCUT2D eigenvalue weighted by Gasteiger charge is -2.17. The molecule has 2 atom stereocenters. The van der Waals surface area contributed by atoms with Gasteiger partial charge in [0.1, 0.15) is 9.36 Å². The van der Waals surface area contributed by atoms with Gasteiger partial charge in [-0.1, -0.05) is 41.6 Å². The van der Waals surface area contributed by atoms with Crippen molar-refractivity contribution in [1.82, 2.24) is 0 Å². The largest absolute Gasteiger partial charge is 0.399 e. The summed E-state index contributed by atoms with van der Waals surface area (Å²) in [4.78, 5) is 0. The van der Waals surface area contributed by atoms with Crippen molar-refractivity contribution in [2.75, 3.05) is 11.5 Å². The number of halogens is 1. The summed E-state index contributed by atoms with van der Waals surface area (Å²) in [7, 11) is -3.25. The van der Waals surface area contributed by atoms with Crippen LogP contribution in [0.1, 0.15) is 18.6 Å². The van der Waals surface area contributed by atoms with E-state index in [1.807, 2.05) is 0 Å². The first-order valence-electron chi connectivity index (χ1n) is 4.77. The second kappa shape index (κ2) is 5.33. The lowest BCUT2D eigenvalue weighted by Crippen LogP contribution is -2.24. The fourth-order valence-corrected chi connectivity index (χ4v) is 3.56. The Morgan fingerprint density at radius 1 is 1.38 bits per heavy atom. The van der Waals surface area contributed by atoms with Gasteiger partial charge in [0.15, 0.2) is 9.84 Å². The molecule has 0 heterocycles. The molecule has 0 radical (unpaired) electrons. The molecule has 0 bridgehead atoms. The Kier molecular flexibility index (Phi) is 4.57. The highest BCUT2D eigenvalue weighted by molar-refractivity contribution is 14.1. The molecule has 1 aromatic carbocycles. The Morgan fingerprint density at radius 3 is 2.31 bits per heavy atom. The third kappa shape index (κ3) is 3.08. The van der Waals surface area contributed by atoms with Crippen LogP contribution in [0.3, 0.4) is 0 Å². The number of aliphatic hydroxyl groups excluding tert-OH is 1. The summed E-state index contributed by atoms with van der Waals surface area (Å²) in [5, 5.41) is 9.92. The van der Waals surface area contributed by atoms with E-state index in [0.717, 1.165) is 0 Å². The molecular weight excluding hydrogens is 341 g/mol. The van der Waals surface area contributed by atoms with E-state index >= 15 is 0 Å². The molecule has 0 aliphatic rings. The summed E-state index contributed by atoms with van der Waals surface area (Å²) >= 11 is 1.75. The molecule has 16 heavy (non-hydrogen) atoms. The Hall–Kier alpha value is -0.340. The molecule has 6 heteroatoms. The van der Waals surface area contributed by atoms with E-state index in [1.165, 1.54) is 0 Å². The van der Waals surface area contributed by atoms with Crippen molar-refractivity contribution in [1.29, 1.82) is 0 Å². The first kappa shape index (κ1) is 13.7. The molecule has 0 amide bonds. The number of hydrogen-bond donors (Lipinski definition) is 2. The average Bonchev–Trinajstić information content (AvgIpc) is 2.28. The lowest BCUT2D eigenvalue weighted by atomic mass is 10.1. The van der Waals surface area contributed by atoms with Gasteiger partial charge in [-0.05, 0) is 17.7 Å². The zero-order valence-electron chi connectivity index (χ0n) is 8.80. The maximum Gasteiger partial charge on any atom is 0.164 e. The van der Waals surface area contributed by atoms with Gasteiger partial charge in [0.2, 0.25) is 0 Å². The average molecular weight is 355 g/mol. The van der Waals surface area contributed by atoms with Crippen LogP contribution in [0.2, 0.25) is 0 Å². The van der Waals surface area contributed by atoms with E-state index in [2.05, 4.69) is 0 Å². The second-order valence-corrected chi connectivity index (χ2v) is 8.01. The van der Waals surface area contributed by atoms with E-state index in [1.54, 1.807) is 53.8 Å². The van der Waals surface area contributed by atoms with E-state index < -0.39 is 19.2 Å². The fraction of sp³-hybridized carbons (Fsp3) is 0.400. The molecule has 0 saturated heterocycles. The molecule has 0 unspecified atom stereocenters. The van der Waals surface area contributed by atoms with Gasteiger partial charge in [-0.2, -0.15) is 0 Å². The summed E-state index contributed by atoms with van der Waals surface area (Å²) < 4.78 is 22.3. The molecule has 90 valence electrons. The summed E-state index contributed by atoms with van der Waals surface area (Å²) in [6.07, 6.45) is -1.02. The van der Waals surface area contributed by atoms with E-state index in [0.29, 0.717) is 11.3 Å². The van der Waals surface area contributed by atoms with Gasteiger partial charge in [-0.15, -0.1) is 0 Å². The third-order valence-corrected chi connectivity index (χ3v) is 7.03. The standard InChI is InChI=1S/C10H14INO3S/c1-2-16(14,15)10(11)9(13)7-3-5-8(12)6-4-7/h3-6,9-10,13H,2,12H2,1H3/t9-,10+/m0/s1. The van der Waals surface area contributed by atoms with Crippen molar-refractivity contribution < 1.29 is 13.5 Å². The van der Waals surface area contributed by atoms with Crippen molar-refractivity contribution >= 4 is 38.1 Å². The van der Waals surface area contributed by atoms with Gasteiger partial charge in [-0.25, -0.2) is 8.42 Å². The number of hydrogen-bond acceptors (Lipinski definition) is 4. The summed E-state index contributed by atoms with van der Waals surface area (Å²) in [5.41, 5.74) is 6.66. The smallest absolute Gasteiger partial charge is 0.164 e. The monoisotopic (exact) mass is 355 g/mol. The molecule has 1 rings (SSSR count). The number of anilines is 1. The van der Waals surface area contributed by atoms with Crippen molar-refractivity contribution in [3.8, 4) is 0 Å². The van der Waals surface area contributed by atoms with Gasteiger partial charge in [0.25, 0.3) is 0 Å². The van der Waals surface area contributed by atoms with Crippen LogP contribution in [-0.4, -0.2) is 22.5 Å². The quantitative estimate of drug-likeness (QED) is 0.487. The predicted octanol–water partition coefficient (Wildman–Crippen LogP) is 1.50. The van der Waals surface area contributed by atoms with Gasteiger partial charge < -0.3 is 10.8 Å². The number of alkyl halides is 1. The molecular formula is C10H14INO3S. The molecule has 0 spiro atoms. The van der Waals surface area contributed by atoms with Crippen LogP contribution in [0.4, 0.5) is 5.69 Å². The SMILES string of the molecule is CCS(=O)(=O)[C@@H](I)[C@@H](O)c1ccc(N)cc1. The number of benzene rings is 1. The van der Waals surface area contributed by atoms with Gasteiger partial charge in [0, 0.05) is 11.4 Å². The van der Waals surface area contributed by atoms with E-state index in [4.69, 9.17) is 5.73 Å². The number of rotatable bonds is 4. The maximum absolute atomic E-state index is 11.6. The van der Waals surface area contributed by atoms with Crippen LogP contribution >= 0.6 is 22.6 Å². The van der Waals surface area contributed by atoms with Crippen molar-refractivity contribution in [2.45, 2.75) is 16.3 Å². The topological polar surface area (TPSA) is 80.4 Å². The van der Waals surface area contributed by atoms with Crippen LogP contribution in [0, 0.1) is 0 Å². The molecule has 0 aromatic heterocycles. The lowest BCUT2D eigenvalue weighted by molar-refractivity contribution is 0.197. The third-order valence-electron chi connectivity index (χ3n) is 2.27. The molecule has 0 fully saturated rings. The normalized spacial score (nSPS) is 15.7. The van der Waals surface area contributed by atoms with Crippen LogP contribution in [-0.2, 0) is 9.84 Å². The molecule has 0 aliphatic heterocycles. The number of nitrogen functional groups attached to an aromatic ring is 1. The Labute approximate surface area is 109 Å². The Balaban J connectivity index is 2.94. The first-order chi connectivity index (χ1) is 7.38. The molecule has 0 saturated carbocycles. The van der Waals surface area contributed by atoms with Crippen LogP contribution < -0.4 is 5.73 Å². The summed E-state index contributed by atoms with van der Waals surface area (Å²) in [6, 6.07) is 6.55. The fourth-order valence-electron chi connectivity index (χ4n) is 1.20. The van der Waals surface area contributed by atoms with E-state index in [-0.39, 0.29) is 5.75 Å². The Morgan fingerprint density at radius 2 is 1.88 bits per heavy atom. The molecule has 4 nitrogen and oxygen atoms in total. The van der Waals surface area contributed by atoms with Crippen LogP contribution in [0.5, 0.6) is 0 Å². The highest BCUT2D eigenvalue weighted by Crippen LogP contribution is 2.28. The minimum absolute atomic E-state index is 0.0205. The highest BCUT2D eigenvalue weighted by Gasteiger charge is 2.29. The summed E-state index contributed by atoms with van der Waals surface area (Å²) in [6.45, 7) is 1.57. The number of nitrogens with two attached hydrogens (primary N) is 1. The van der Waals surface area contributed by atoms with Gasteiger partial charge in [-0.3, -0.25) is 0 Å². The second-order valence-electron chi connectivity index (χ2n) is 3.41. The first-order valence-corrected chi connectivity index (χ1v) is 7.73. The van der Waals surface area contributed by atoms with Gasteiger partial charge >= 0.3 is 0 Å². The highest BCUT2D eigenvalue weighted by atomic mass is 127. The minimum atomic E-state index is -3.25. The van der Waals surface area contributed by atoms with Crippen LogP contribution in [0.25, 0.3) is 0 Å². The van der Waals surface area contributed by atoms with Crippen molar-refractivity contribution in [2.24, 2.45) is 0 Å². The number of aliphatic hydroxyl groups is 1. The van der Waals surface area contributed by atoms with Gasteiger partial charge in [0.05, 0.1) is 0 Å². The Bertz CT molecular complexity index is 444. The number of sulfone groups is 1. The van der Waals surface area contributed by atoms with E-state index in [9.17, 15) is 13.5 Å². The zero-order chi connectivity index (χ0) is 12.3. The zero-order valence-corrected chi connectivity index (χ0v) is 11.8. The van der Waals surface area contributed by atoms with Crippen molar-refractivity contribution in [3.05, 3.63) is 29.8 Å². The molecule has 1 aromatic rings.